The lowest BCUT2D eigenvalue weighted by Crippen LogP contribution is -2.12. The Labute approximate surface area is 121 Å². The Kier molecular flexibility index (Phi) is 3.71. The molecule has 0 spiro atoms. The van der Waals surface area contributed by atoms with Gasteiger partial charge in [0.2, 0.25) is 0 Å². The maximum absolute atomic E-state index is 13.7. The smallest absolute Gasteiger partial charge is 0.170 e. The molecule has 0 aliphatic carbocycles. The molecule has 0 aliphatic rings. The summed E-state index contributed by atoms with van der Waals surface area (Å²) >= 11 is 0. The van der Waals surface area contributed by atoms with Crippen LogP contribution in [-0.2, 0) is 6.54 Å². The van der Waals surface area contributed by atoms with Gasteiger partial charge in [-0.15, -0.1) is 0 Å². The third-order valence-electron chi connectivity index (χ3n) is 3.39. The monoisotopic (exact) mass is 287 g/mol. The SMILES string of the molecule is CCNCc1cc(-c2cc3cccc(F)c3o2)ccc1F. The van der Waals surface area contributed by atoms with E-state index < -0.39 is 5.82 Å². The first-order valence-electron chi connectivity index (χ1n) is 6.86. The van der Waals surface area contributed by atoms with Gasteiger partial charge in [-0.3, -0.25) is 0 Å². The first-order valence-corrected chi connectivity index (χ1v) is 6.86. The minimum atomic E-state index is -0.395. The minimum Gasteiger partial charge on any atom is -0.453 e. The van der Waals surface area contributed by atoms with Crippen LogP contribution < -0.4 is 5.32 Å². The van der Waals surface area contributed by atoms with Crippen LogP contribution in [0.5, 0.6) is 0 Å². The summed E-state index contributed by atoms with van der Waals surface area (Å²) in [6.45, 7) is 3.17. The fraction of sp³-hybridized carbons (Fsp3) is 0.176. The Hall–Kier alpha value is -2.20. The van der Waals surface area contributed by atoms with Gasteiger partial charge in [0, 0.05) is 23.1 Å². The van der Waals surface area contributed by atoms with Gasteiger partial charge in [0.05, 0.1) is 0 Å². The van der Waals surface area contributed by atoms with E-state index in [-0.39, 0.29) is 11.4 Å². The summed E-state index contributed by atoms with van der Waals surface area (Å²) in [5.74, 6) is -0.122. The van der Waals surface area contributed by atoms with E-state index in [0.717, 1.165) is 12.1 Å². The Morgan fingerprint density at radius 2 is 1.90 bits per heavy atom. The molecule has 1 aromatic heterocycles. The van der Waals surface area contributed by atoms with Crippen molar-refractivity contribution >= 4 is 11.0 Å². The minimum absolute atomic E-state index is 0.227. The van der Waals surface area contributed by atoms with Crippen molar-refractivity contribution in [2.24, 2.45) is 0 Å². The largest absolute Gasteiger partial charge is 0.453 e. The van der Waals surface area contributed by atoms with E-state index in [1.165, 1.54) is 12.1 Å². The van der Waals surface area contributed by atoms with E-state index in [1.807, 2.05) is 6.92 Å². The number of nitrogens with one attached hydrogen (secondary N) is 1. The van der Waals surface area contributed by atoms with Crippen LogP contribution in [0, 0.1) is 11.6 Å². The molecule has 0 aliphatic heterocycles. The van der Waals surface area contributed by atoms with Crippen molar-refractivity contribution in [2.45, 2.75) is 13.5 Å². The molecule has 2 nitrogen and oxygen atoms in total. The Morgan fingerprint density at radius 3 is 2.67 bits per heavy atom. The summed E-state index contributed by atoms with van der Waals surface area (Å²) in [5.41, 5.74) is 1.53. The van der Waals surface area contributed by atoms with Crippen molar-refractivity contribution in [3.05, 3.63) is 59.7 Å². The van der Waals surface area contributed by atoms with Crippen LogP contribution in [0.3, 0.4) is 0 Å². The van der Waals surface area contributed by atoms with Gasteiger partial charge in [-0.05, 0) is 36.9 Å². The third-order valence-corrected chi connectivity index (χ3v) is 3.39. The average Bonchev–Trinajstić information content (AvgIpc) is 2.92. The second-order valence-corrected chi connectivity index (χ2v) is 4.86. The number of hydrogen-bond donors (Lipinski definition) is 1. The fourth-order valence-corrected chi connectivity index (χ4v) is 2.29. The van der Waals surface area contributed by atoms with E-state index >= 15 is 0 Å². The van der Waals surface area contributed by atoms with Gasteiger partial charge in [0.25, 0.3) is 0 Å². The molecular formula is C17H15F2NO. The molecule has 2 aromatic carbocycles. The highest BCUT2D eigenvalue weighted by atomic mass is 19.1. The number of fused-ring (bicyclic) bond motifs is 1. The number of furan rings is 1. The van der Waals surface area contributed by atoms with Crippen LogP contribution >= 0.6 is 0 Å². The number of rotatable bonds is 4. The van der Waals surface area contributed by atoms with Gasteiger partial charge in [-0.2, -0.15) is 0 Å². The lowest BCUT2D eigenvalue weighted by atomic mass is 10.1. The van der Waals surface area contributed by atoms with Crippen LogP contribution in [0.25, 0.3) is 22.3 Å². The molecule has 0 saturated heterocycles. The zero-order valence-electron chi connectivity index (χ0n) is 11.6. The van der Waals surface area contributed by atoms with Crippen LogP contribution in [0.1, 0.15) is 12.5 Å². The number of benzene rings is 2. The number of hydrogen-bond acceptors (Lipinski definition) is 2. The maximum atomic E-state index is 13.7. The molecule has 0 atom stereocenters. The predicted molar refractivity (Wildman–Crippen MR) is 78.9 cm³/mol. The number of halogens is 2. The zero-order chi connectivity index (χ0) is 14.8. The highest BCUT2D eigenvalue weighted by Crippen LogP contribution is 2.30. The topological polar surface area (TPSA) is 25.2 Å². The second-order valence-electron chi connectivity index (χ2n) is 4.86. The van der Waals surface area contributed by atoms with Crippen molar-refractivity contribution in [1.82, 2.24) is 5.32 Å². The predicted octanol–water partition coefficient (Wildman–Crippen LogP) is 4.49. The summed E-state index contributed by atoms with van der Waals surface area (Å²) in [7, 11) is 0. The molecular weight excluding hydrogens is 272 g/mol. The first kappa shape index (κ1) is 13.8. The van der Waals surface area contributed by atoms with Crippen molar-refractivity contribution in [2.75, 3.05) is 6.54 Å². The quantitative estimate of drug-likeness (QED) is 0.765. The molecule has 4 heteroatoms. The van der Waals surface area contributed by atoms with E-state index in [1.54, 1.807) is 30.3 Å². The van der Waals surface area contributed by atoms with Gasteiger partial charge in [-0.25, -0.2) is 8.78 Å². The number of para-hydroxylation sites is 1. The molecule has 108 valence electrons. The summed E-state index contributed by atoms with van der Waals surface area (Å²) in [6, 6.07) is 11.3. The Morgan fingerprint density at radius 1 is 1.05 bits per heavy atom. The van der Waals surface area contributed by atoms with Gasteiger partial charge in [0.1, 0.15) is 11.6 Å². The molecule has 0 amide bonds. The molecule has 0 radical (unpaired) electrons. The third kappa shape index (κ3) is 2.67. The Balaban J connectivity index is 2.03. The first-order chi connectivity index (χ1) is 10.2. The molecule has 3 aromatic rings. The van der Waals surface area contributed by atoms with Gasteiger partial charge in [0.15, 0.2) is 11.4 Å². The average molecular weight is 287 g/mol. The molecule has 3 rings (SSSR count). The normalized spacial score (nSPS) is 11.2. The molecule has 0 fully saturated rings. The molecule has 1 N–H and O–H groups in total. The summed E-state index contributed by atoms with van der Waals surface area (Å²) in [4.78, 5) is 0. The van der Waals surface area contributed by atoms with Crippen LogP contribution in [0.2, 0.25) is 0 Å². The standard InChI is InChI=1S/C17H15F2NO/c1-2-20-10-13-8-11(6-7-14(13)18)16-9-12-4-3-5-15(19)17(12)21-16/h3-9,20H,2,10H2,1H3. The van der Waals surface area contributed by atoms with E-state index in [0.29, 0.717) is 23.3 Å². The molecule has 0 saturated carbocycles. The van der Waals surface area contributed by atoms with E-state index in [2.05, 4.69) is 5.32 Å². The summed E-state index contributed by atoms with van der Waals surface area (Å²) in [5, 5.41) is 3.79. The van der Waals surface area contributed by atoms with E-state index in [9.17, 15) is 8.78 Å². The van der Waals surface area contributed by atoms with Crippen LogP contribution in [0.4, 0.5) is 8.78 Å². The van der Waals surface area contributed by atoms with Gasteiger partial charge in [-0.1, -0.05) is 19.1 Å². The summed E-state index contributed by atoms with van der Waals surface area (Å²) in [6.07, 6.45) is 0. The van der Waals surface area contributed by atoms with Crippen LogP contribution in [-0.4, -0.2) is 6.54 Å². The van der Waals surface area contributed by atoms with Crippen molar-refractivity contribution < 1.29 is 13.2 Å². The van der Waals surface area contributed by atoms with Crippen molar-refractivity contribution in [3.8, 4) is 11.3 Å². The molecule has 0 bridgehead atoms. The van der Waals surface area contributed by atoms with Crippen molar-refractivity contribution in [3.63, 3.8) is 0 Å². The Bertz CT molecular complexity index is 780. The second kappa shape index (κ2) is 5.66. The van der Waals surface area contributed by atoms with E-state index in [4.69, 9.17) is 4.42 Å². The zero-order valence-corrected chi connectivity index (χ0v) is 11.6. The lowest BCUT2D eigenvalue weighted by molar-refractivity contribution is 0.567. The van der Waals surface area contributed by atoms with Gasteiger partial charge < -0.3 is 9.73 Å². The van der Waals surface area contributed by atoms with Crippen molar-refractivity contribution in [1.29, 1.82) is 0 Å². The van der Waals surface area contributed by atoms with Gasteiger partial charge >= 0.3 is 0 Å². The summed E-state index contributed by atoms with van der Waals surface area (Å²) < 4.78 is 33.0. The maximum Gasteiger partial charge on any atom is 0.170 e. The molecule has 0 unspecified atom stereocenters. The highest BCUT2D eigenvalue weighted by molar-refractivity contribution is 5.83. The lowest BCUT2D eigenvalue weighted by Gasteiger charge is -2.05. The molecule has 21 heavy (non-hydrogen) atoms. The van der Waals surface area contributed by atoms with Crippen LogP contribution in [0.15, 0.2) is 46.9 Å². The molecule has 1 heterocycles. The highest BCUT2D eigenvalue weighted by Gasteiger charge is 2.11. The fourth-order valence-electron chi connectivity index (χ4n) is 2.29.